The number of fused-ring (bicyclic) bond motifs is 2. The predicted molar refractivity (Wildman–Crippen MR) is 207 cm³/mol. The normalized spacial score (nSPS) is 15.5. The molecule has 22 nitrogen and oxygen atoms in total. The lowest BCUT2D eigenvalue weighted by Gasteiger charge is -2.22. The Morgan fingerprint density at radius 3 is 1.15 bits per heavy atom. The van der Waals surface area contributed by atoms with Crippen molar-refractivity contribution in [1.29, 1.82) is 0 Å². The number of nitrogen functional groups attached to an aromatic ring is 2. The summed E-state index contributed by atoms with van der Waals surface area (Å²) >= 11 is 0. The van der Waals surface area contributed by atoms with Crippen LogP contribution in [0.5, 0.6) is 11.5 Å². The number of nitrogens with zero attached hydrogens (tertiary/aromatic N) is 2. The molecule has 0 amide bonds. The molecule has 0 aliphatic heterocycles. The number of hydrazone groups is 2. The number of nitrogens with one attached hydrogen (secondary N) is 2. The van der Waals surface area contributed by atoms with Crippen LogP contribution in [0.2, 0.25) is 0 Å². The van der Waals surface area contributed by atoms with Crippen LogP contribution in [0.25, 0.3) is 23.3 Å². The predicted octanol–water partition coefficient (Wildman–Crippen LogP) is 1.51. The summed E-state index contributed by atoms with van der Waals surface area (Å²) in [5.74, 6) is -1.89. The number of ketones is 2. The fourth-order valence-corrected chi connectivity index (χ4v) is 8.87. The van der Waals surface area contributed by atoms with Gasteiger partial charge in [-0.05, 0) is 59.7 Å². The lowest BCUT2D eigenvalue weighted by molar-refractivity contribution is 0.105. The van der Waals surface area contributed by atoms with Gasteiger partial charge in [-0.15, -0.1) is 0 Å². The van der Waals surface area contributed by atoms with Gasteiger partial charge in [0.2, 0.25) is 11.6 Å². The van der Waals surface area contributed by atoms with E-state index in [1.807, 2.05) is 0 Å². The van der Waals surface area contributed by atoms with E-state index in [4.69, 9.17) is 20.9 Å². The molecule has 4 aromatic rings. The van der Waals surface area contributed by atoms with E-state index in [1.165, 1.54) is 26.4 Å². The zero-order valence-electron chi connectivity index (χ0n) is 30.1. The van der Waals surface area contributed by atoms with Crippen LogP contribution in [-0.4, -0.2) is 89.1 Å². The van der Waals surface area contributed by atoms with Crippen LogP contribution < -0.4 is 31.8 Å². The van der Waals surface area contributed by atoms with Crippen molar-refractivity contribution in [2.24, 2.45) is 10.2 Å². The average molecular weight is 901 g/mol. The van der Waals surface area contributed by atoms with Crippen LogP contribution in [-0.2, 0) is 40.5 Å². The van der Waals surface area contributed by atoms with Gasteiger partial charge in [-0.3, -0.25) is 20.4 Å². The van der Waals surface area contributed by atoms with E-state index in [1.54, 1.807) is 24.3 Å². The van der Waals surface area contributed by atoms with Gasteiger partial charge in [-0.1, -0.05) is 24.3 Å². The minimum Gasteiger partial charge on any atom is -0.744 e. The number of nitrogens with two attached hydrogens (primary N) is 2. The van der Waals surface area contributed by atoms with E-state index in [-0.39, 0.29) is 22.9 Å². The van der Waals surface area contributed by atoms with Crippen molar-refractivity contribution in [3.05, 3.63) is 82.9 Å². The Balaban J connectivity index is 1.27. The minimum atomic E-state index is -5.43. The number of carbonyl (C=O) groups excluding carboxylic acids is 2. The fourth-order valence-electron chi connectivity index (χ4n) is 6.05. The molecule has 314 valence electrons. The molecule has 0 aromatic heterocycles. The molecule has 26 heteroatoms. The number of rotatable bonds is 11. The number of anilines is 4. The number of ether oxygens (including phenoxy) is 2. The average Bonchev–Trinajstić information content (AvgIpc) is 3.15. The molecule has 6 rings (SSSR count). The summed E-state index contributed by atoms with van der Waals surface area (Å²) in [4.78, 5) is 21.9. The van der Waals surface area contributed by atoms with Crippen molar-refractivity contribution < 1.29 is 70.9 Å². The fraction of sp³-hybridized carbons (Fsp3) is 0.0588. The number of carbonyl (C=O) groups is 2. The minimum absolute atomic E-state index is 0.166. The molecule has 6 N–H and O–H groups in total. The highest BCUT2D eigenvalue weighted by Crippen LogP contribution is 2.38. The summed E-state index contributed by atoms with van der Waals surface area (Å²) in [6, 6.07) is 9.85. The largest absolute Gasteiger partial charge is 0.744 e. The van der Waals surface area contributed by atoms with Gasteiger partial charge in [0.05, 0.1) is 67.7 Å². The summed E-state index contributed by atoms with van der Waals surface area (Å²) in [5, 5.41) is 8.00. The standard InChI is InChI=1S/C34H28N6O16S4/c1-55-23-11-15(3-7-19(23)37-39-21-9-5-17-25(57(43,44)45)13-27(59(49,50)51)31(35)29(17)33(21)41)16-4-8-20(24(12-16)56-2)38-40-22-10-6-18-26(58(46,47)48)14-28(60(52,53)54)32(36)30(18)34(22)42/h3-14,37-38H,35-36H2,1-2H3,(H,43,44,45)(H,46,47,48)(H,49,50,51)(H,52,53,54)/p-4/b39-21-,40-22-. The summed E-state index contributed by atoms with van der Waals surface area (Å²) in [6.07, 6.45) is 4.07. The Kier molecular flexibility index (Phi) is 11.0. The molecule has 0 fully saturated rings. The summed E-state index contributed by atoms with van der Waals surface area (Å²) in [5.41, 5.74) is 13.1. The molecule has 4 aromatic carbocycles. The van der Waals surface area contributed by atoms with Gasteiger partial charge in [0, 0.05) is 11.1 Å². The highest BCUT2D eigenvalue weighted by atomic mass is 32.2. The molecule has 0 unspecified atom stereocenters. The first-order chi connectivity index (χ1) is 27.9. The molecule has 0 atom stereocenters. The third-order valence-electron chi connectivity index (χ3n) is 8.81. The van der Waals surface area contributed by atoms with Gasteiger partial charge in [0.25, 0.3) is 0 Å². The van der Waals surface area contributed by atoms with Crippen molar-refractivity contribution in [3.8, 4) is 22.6 Å². The number of hydrogen-bond acceptors (Lipinski definition) is 22. The zero-order valence-corrected chi connectivity index (χ0v) is 33.4. The Labute approximate surface area is 339 Å². The summed E-state index contributed by atoms with van der Waals surface area (Å²) in [7, 11) is -19.0. The van der Waals surface area contributed by atoms with Crippen LogP contribution in [0.1, 0.15) is 31.8 Å². The molecule has 0 saturated carbocycles. The van der Waals surface area contributed by atoms with Crippen LogP contribution in [0.15, 0.2) is 90.5 Å². The number of Topliss-reactive ketones (excluding diaryl/α,β-unsaturated/α-hetero) is 2. The SMILES string of the molecule is COc1cc(-c2ccc(N/N=C3/C=Cc4c(S(=O)(=O)[O-])cc(S(=O)(=O)[O-])c(N)c4C3=O)c(OC)c2)ccc1N/N=C1/C=Cc2c(S(=O)(=O)[O-])cc(S(=O)(=O)[O-])c(N)c2C1=O. The van der Waals surface area contributed by atoms with E-state index in [0.717, 1.165) is 24.3 Å². The third kappa shape index (κ3) is 8.07. The molecule has 0 radical (unpaired) electrons. The van der Waals surface area contributed by atoms with Crippen molar-refractivity contribution >= 4 is 98.4 Å². The lowest BCUT2D eigenvalue weighted by atomic mass is 9.93. The van der Waals surface area contributed by atoms with E-state index >= 15 is 0 Å². The van der Waals surface area contributed by atoms with Gasteiger partial charge in [0.1, 0.15) is 63.4 Å². The van der Waals surface area contributed by atoms with Crippen molar-refractivity contribution in [3.63, 3.8) is 0 Å². The number of methoxy groups -OCH3 is 2. The molecular weight excluding hydrogens is 877 g/mol. The smallest absolute Gasteiger partial charge is 0.215 e. The first-order valence-electron chi connectivity index (χ1n) is 16.1. The van der Waals surface area contributed by atoms with Gasteiger partial charge < -0.3 is 39.2 Å². The molecule has 0 bridgehead atoms. The van der Waals surface area contributed by atoms with Crippen molar-refractivity contribution in [1.82, 2.24) is 0 Å². The van der Waals surface area contributed by atoms with Crippen molar-refractivity contribution in [2.45, 2.75) is 19.6 Å². The van der Waals surface area contributed by atoms with E-state index < -0.39 is 117 Å². The monoisotopic (exact) mass is 900 g/mol. The summed E-state index contributed by atoms with van der Waals surface area (Å²) < 4.78 is 153. The van der Waals surface area contributed by atoms with Gasteiger partial charge in [-0.2, -0.15) is 10.2 Å². The number of benzene rings is 4. The Bertz CT molecular complexity index is 2970. The van der Waals surface area contributed by atoms with Crippen LogP contribution in [0.4, 0.5) is 22.7 Å². The Hall–Kier alpha value is -6.52. The maximum atomic E-state index is 13.4. The topological polar surface area (TPSA) is 382 Å². The molecule has 2 aliphatic carbocycles. The number of allylic oxidation sites excluding steroid dienone is 2. The van der Waals surface area contributed by atoms with Gasteiger partial charge in [0.15, 0.2) is 0 Å². The zero-order chi connectivity index (χ0) is 44.3. The lowest BCUT2D eigenvalue weighted by Crippen LogP contribution is -2.23. The third-order valence-corrected chi connectivity index (χ3v) is 12.3. The quantitative estimate of drug-likeness (QED) is 0.0941. The second-order valence-corrected chi connectivity index (χ2v) is 17.7. The molecule has 2 aliphatic rings. The molecule has 60 heavy (non-hydrogen) atoms. The van der Waals surface area contributed by atoms with Crippen LogP contribution in [0.3, 0.4) is 0 Å². The first kappa shape index (κ1) is 43.1. The molecule has 0 heterocycles. The highest BCUT2D eigenvalue weighted by molar-refractivity contribution is 7.87. The molecule has 0 saturated heterocycles. The Morgan fingerprint density at radius 1 is 0.517 bits per heavy atom. The maximum Gasteiger partial charge on any atom is 0.215 e. The summed E-state index contributed by atoms with van der Waals surface area (Å²) in [6.45, 7) is 0. The van der Waals surface area contributed by atoms with E-state index in [2.05, 4.69) is 21.1 Å². The van der Waals surface area contributed by atoms with Gasteiger partial charge in [-0.25, -0.2) is 33.7 Å². The van der Waals surface area contributed by atoms with Crippen molar-refractivity contribution in [2.75, 3.05) is 36.5 Å². The van der Waals surface area contributed by atoms with Gasteiger partial charge >= 0.3 is 0 Å². The van der Waals surface area contributed by atoms with E-state index in [9.17, 15) is 61.5 Å². The van der Waals surface area contributed by atoms with Crippen LogP contribution in [0, 0.1) is 0 Å². The maximum absolute atomic E-state index is 13.4. The molecular formula is C34H24N6O16S4-4. The highest BCUT2D eigenvalue weighted by Gasteiger charge is 2.31. The van der Waals surface area contributed by atoms with E-state index in [0.29, 0.717) is 23.3 Å². The number of hydrogen-bond donors (Lipinski definition) is 4. The van der Waals surface area contributed by atoms with Crippen LogP contribution >= 0.6 is 0 Å². The second-order valence-electron chi connectivity index (χ2n) is 12.3. The Morgan fingerprint density at radius 2 is 0.850 bits per heavy atom. The molecule has 0 spiro atoms. The first-order valence-corrected chi connectivity index (χ1v) is 21.8. The second kappa shape index (κ2) is 15.3.